The first-order chi connectivity index (χ1) is 16.7. The fraction of sp³-hybridized carbons (Fsp3) is 0.200. The number of benzene rings is 2. The molecule has 180 valence electrons. The lowest BCUT2D eigenvalue weighted by atomic mass is 9.99. The van der Waals surface area contributed by atoms with Crippen molar-refractivity contribution < 1.29 is 13.9 Å². The number of aromatic amines is 1. The first kappa shape index (κ1) is 24.2. The van der Waals surface area contributed by atoms with Crippen LogP contribution in [0.3, 0.4) is 0 Å². The number of H-pyrrole nitrogens is 1. The summed E-state index contributed by atoms with van der Waals surface area (Å²) in [5.41, 5.74) is 1.93. The Balaban J connectivity index is 1.66. The second kappa shape index (κ2) is 10.1. The lowest BCUT2D eigenvalue weighted by Gasteiger charge is -2.18. The molecule has 4 rings (SSSR count). The van der Waals surface area contributed by atoms with Crippen molar-refractivity contribution in [3.63, 3.8) is 0 Å². The van der Waals surface area contributed by atoms with Crippen LogP contribution in [-0.4, -0.2) is 37.6 Å². The molecule has 0 spiro atoms. The summed E-state index contributed by atoms with van der Waals surface area (Å²) in [5, 5.41) is 6.69. The van der Waals surface area contributed by atoms with Crippen LogP contribution in [0.4, 0.5) is 4.39 Å². The van der Waals surface area contributed by atoms with E-state index in [1.165, 1.54) is 27.7 Å². The fourth-order valence-corrected chi connectivity index (χ4v) is 3.69. The van der Waals surface area contributed by atoms with E-state index in [-0.39, 0.29) is 23.8 Å². The molecule has 35 heavy (non-hydrogen) atoms. The summed E-state index contributed by atoms with van der Waals surface area (Å²) in [6, 6.07) is 12.9. The van der Waals surface area contributed by atoms with Crippen LogP contribution in [0.5, 0.6) is 5.75 Å². The number of carbonyl (C=O) groups excluding carboxylic acids is 1. The smallest absolute Gasteiger partial charge is 0.343 e. The van der Waals surface area contributed by atoms with Crippen LogP contribution < -0.4 is 10.4 Å². The van der Waals surface area contributed by atoms with Gasteiger partial charge in [-0.3, -0.25) is 14.3 Å². The number of hydrogen-bond acceptors (Lipinski definition) is 5. The molecule has 1 N–H and O–H groups in total. The van der Waals surface area contributed by atoms with Gasteiger partial charge in [-0.2, -0.15) is 5.10 Å². The number of halogens is 2. The van der Waals surface area contributed by atoms with Crippen molar-refractivity contribution in [3.05, 3.63) is 98.7 Å². The van der Waals surface area contributed by atoms with Gasteiger partial charge >= 0.3 is 5.69 Å². The molecule has 8 nitrogen and oxygen atoms in total. The maximum Gasteiger partial charge on any atom is 0.343 e. The molecule has 0 unspecified atom stereocenters. The molecule has 0 aliphatic heterocycles. The van der Waals surface area contributed by atoms with Crippen molar-refractivity contribution in [3.8, 4) is 16.9 Å². The minimum atomic E-state index is -0.536. The Morgan fingerprint density at radius 3 is 2.69 bits per heavy atom. The largest absolute Gasteiger partial charge is 0.485 e. The van der Waals surface area contributed by atoms with E-state index in [1.807, 2.05) is 12.1 Å². The van der Waals surface area contributed by atoms with Crippen LogP contribution in [-0.2, 0) is 20.2 Å². The van der Waals surface area contributed by atoms with E-state index in [2.05, 4.69) is 15.2 Å². The molecule has 0 bridgehead atoms. The summed E-state index contributed by atoms with van der Waals surface area (Å²) in [5.74, 6) is -0.114. The van der Waals surface area contributed by atoms with E-state index in [0.717, 1.165) is 11.3 Å². The predicted octanol–water partition coefficient (Wildman–Crippen LogP) is 4.12. The molecule has 2 aromatic carbocycles. The maximum atomic E-state index is 15.0. The Morgan fingerprint density at radius 2 is 2.00 bits per heavy atom. The predicted molar refractivity (Wildman–Crippen MR) is 130 cm³/mol. The van der Waals surface area contributed by atoms with E-state index in [4.69, 9.17) is 16.3 Å². The van der Waals surface area contributed by atoms with Gasteiger partial charge in [0, 0.05) is 42.0 Å². The zero-order valence-electron chi connectivity index (χ0n) is 19.4. The van der Waals surface area contributed by atoms with Crippen molar-refractivity contribution >= 4 is 17.5 Å². The highest BCUT2D eigenvalue weighted by Gasteiger charge is 2.19. The topological polar surface area (TPSA) is 93.1 Å². The highest BCUT2D eigenvalue weighted by molar-refractivity contribution is 6.31. The van der Waals surface area contributed by atoms with Gasteiger partial charge in [0.05, 0.1) is 12.2 Å². The van der Waals surface area contributed by atoms with Crippen LogP contribution in [0, 0.1) is 12.7 Å². The Labute approximate surface area is 206 Å². The standard InChI is InChI=1S/C25H23ClFN5O3/c1-15-10-22(35-14-23-29-30-25(34)32(23)3)19(12-20(15)26)18-11-16(7-8-21(18)27)24(33)31(2)13-17-6-4-5-9-28-17/h4-12H,13-14H2,1-3H3,(H,30,34). The van der Waals surface area contributed by atoms with E-state index in [1.54, 1.807) is 45.4 Å². The van der Waals surface area contributed by atoms with E-state index >= 15 is 4.39 Å². The molecule has 10 heteroatoms. The molecule has 2 heterocycles. The average Bonchev–Trinajstić information content (AvgIpc) is 3.17. The number of rotatable bonds is 7. The summed E-state index contributed by atoms with van der Waals surface area (Å²) in [4.78, 5) is 30.5. The Morgan fingerprint density at radius 1 is 1.20 bits per heavy atom. The molecule has 0 aliphatic carbocycles. The van der Waals surface area contributed by atoms with Gasteiger partial charge < -0.3 is 9.64 Å². The van der Waals surface area contributed by atoms with Gasteiger partial charge in [-0.1, -0.05) is 17.7 Å². The fourth-order valence-electron chi connectivity index (χ4n) is 3.53. The quantitative estimate of drug-likeness (QED) is 0.416. The van der Waals surface area contributed by atoms with Crippen molar-refractivity contribution in [2.24, 2.45) is 7.05 Å². The van der Waals surface area contributed by atoms with Gasteiger partial charge in [-0.15, -0.1) is 0 Å². The number of nitrogens with one attached hydrogen (secondary N) is 1. The van der Waals surface area contributed by atoms with Crippen LogP contribution in [0.15, 0.2) is 59.5 Å². The Kier molecular flexibility index (Phi) is 6.97. The zero-order valence-corrected chi connectivity index (χ0v) is 20.1. The third-order valence-corrected chi connectivity index (χ3v) is 5.97. The Hall–Kier alpha value is -3.98. The second-order valence-electron chi connectivity index (χ2n) is 8.07. The number of carbonyl (C=O) groups is 1. The number of amides is 1. The van der Waals surface area contributed by atoms with Gasteiger partial charge in [0.15, 0.2) is 5.82 Å². The number of aromatic nitrogens is 4. The molecule has 0 saturated carbocycles. The summed E-state index contributed by atoms with van der Waals surface area (Å²) >= 11 is 6.35. The summed E-state index contributed by atoms with van der Waals surface area (Å²) in [6.07, 6.45) is 1.66. The SMILES string of the molecule is Cc1cc(OCc2n[nH]c(=O)n2C)c(-c2cc(C(=O)N(C)Cc3ccccn3)ccc2F)cc1Cl. The van der Waals surface area contributed by atoms with Gasteiger partial charge in [0.25, 0.3) is 5.91 Å². The first-order valence-corrected chi connectivity index (χ1v) is 11.1. The van der Waals surface area contributed by atoms with Gasteiger partial charge in [-0.05, 0) is 55.0 Å². The van der Waals surface area contributed by atoms with E-state index < -0.39 is 5.82 Å². The molecule has 0 fully saturated rings. The highest BCUT2D eigenvalue weighted by Crippen LogP contribution is 2.37. The van der Waals surface area contributed by atoms with E-state index in [9.17, 15) is 9.59 Å². The summed E-state index contributed by atoms with van der Waals surface area (Å²) in [6.45, 7) is 2.07. The maximum absolute atomic E-state index is 15.0. The lowest BCUT2D eigenvalue weighted by molar-refractivity contribution is 0.0783. The van der Waals surface area contributed by atoms with Gasteiger partial charge in [0.2, 0.25) is 0 Å². The molecule has 0 saturated heterocycles. The summed E-state index contributed by atoms with van der Waals surface area (Å²) in [7, 11) is 3.22. The molecule has 4 aromatic rings. The van der Waals surface area contributed by atoms with Gasteiger partial charge in [0.1, 0.15) is 18.2 Å². The molecule has 1 amide bonds. The van der Waals surface area contributed by atoms with Crippen LogP contribution in [0.25, 0.3) is 11.1 Å². The number of ether oxygens (including phenoxy) is 1. The molecule has 0 radical (unpaired) electrons. The average molecular weight is 496 g/mol. The molecule has 0 aliphatic rings. The second-order valence-corrected chi connectivity index (χ2v) is 8.47. The van der Waals surface area contributed by atoms with Gasteiger partial charge in [-0.25, -0.2) is 14.3 Å². The zero-order chi connectivity index (χ0) is 25.1. The molecule has 0 atom stereocenters. The lowest BCUT2D eigenvalue weighted by Crippen LogP contribution is -2.26. The first-order valence-electron chi connectivity index (χ1n) is 10.7. The summed E-state index contributed by atoms with van der Waals surface area (Å²) < 4.78 is 22.3. The molecule has 2 aromatic heterocycles. The highest BCUT2D eigenvalue weighted by atomic mass is 35.5. The van der Waals surface area contributed by atoms with Crippen molar-refractivity contribution in [2.45, 2.75) is 20.1 Å². The molecular formula is C25H23ClFN5O3. The number of nitrogens with zero attached hydrogens (tertiary/aromatic N) is 4. The van der Waals surface area contributed by atoms with Crippen molar-refractivity contribution in [2.75, 3.05) is 7.05 Å². The minimum Gasteiger partial charge on any atom is -0.485 e. The number of pyridine rings is 1. The van der Waals surface area contributed by atoms with Crippen LogP contribution in [0.1, 0.15) is 27.4 Å². The monoisotopic (exact) mass is 495 g/mol. The van der Waals surface area contributed by atoms with Crippen LogP contribution in [0.2, 0.25) is 5.02 Å². The van der Waals surface area contributed by atoms with Crippen molar-refractivity contribution in [1.29, 1.82) is 0 Å². The normalized spacial score (nSPS) is 10.9. The Bertz CT molecular complexity index is 1440. The third kappa shape index (κ3) is 5.25. The number of hydrogen-bond donors (Lipinski definition) is 1. The van der Waals surface area contributed by atoms with Crippen LogP contribution >= 0.6 is 11.6 Å². The van der Waals surface area contributed by atoms with E-state index in [0.29, 0.717) is 34.3 Å². The van der Waals surface area contributed by atoms with Crippen molar-refractivity contribution in [1.82, 2.24) is 24.6 Å². The number of aryl methyl sites for hydroxylation is 1. The molecular weight excluding hydrogens is 473 g/mol. The third-order valence-electron chi connectivity index (χ3n) is 5.57. The minimum absolute atomic E-state index is 0.0314.